The maximum atomic E-state index is 5.57. The molecule has 3 heteroatoms. The third kappa shape index (κ3) is 2.03. The highest BCUT2D eigenvalue weighted by atomic mass is 16.5. The lowest BCUT2D eigenvalue weighted by atomic mass is 10.1. The summed E-state index contributed by atoms with van der Waals surface area (Å²) in [5.41, 5.74) is 0. The molecule has 2 aliphatic rings. The van der Waals surface area contributed by atoms with Crippen molar-refractivity contribution in [1.29, 1.82) is 0 Å². The van der Waals surface area contributed by atoms with Crippen LogP contribution in [0.4, 0.5) is 0 Å². The standard InChI is InChI=1S/C10H19NO2/c1-8-7-11(4-6-12-8)10-3-5-13-9(10)2/h8-10H,3-7H2,1-2H3. The fraction of sp³-hybridized carbons (Fsp3) is 1.00. The second kappa shape index (κ2) is 3.95. The minimum atomic E-state index is 0.390. The van der Waals surface area contributed by atoms with Crippen molar-refractivity contribution in [3.05, 3.63) is 0 Å². The zero-order chi connectivity index (χ0) is 9.26. The minimum Gasteiger partial charge on any atom is -0.377 e. The van der Waals surface area contributed by atoms with E-state index in [2.05, 4.69) is 18.7 Å². The van der Waals surface area contributed by atoms with Gasteiger partial charge in [-0.3, -0.25) is 4.90 Å². The van der Waals surface area contributed by atoms with Crippen molar-refractivity contribution in [3.63, 3.8) is 0 Å². The molecule has 2 saturated heterocycles. The minimum absolute atomic E-state index is 0.390. The zero-order valence-electron chi connectivity index (χ0n) is 8.53. The smallest absolute Gasteiger partial charge is 0.0703 e. The number of rotatable bonds is 1. The quantitative estimate of drug-likeness (QED) is 0.605. The number of nitrogens with zero attached hydrogens (tertiary/aromatic N) is 1. The maximum Gasteiger partial charge on any atom is 0.0703 e. The summed E-state index contributed by atoms with van der Waals surface area (Å²) in [7, 11) is 0. The first-order valence-corrected chi connectivity index (χ1v) is 5.24. The van der Waals surface area contributed by atoms with Crippen LogP contribution in [-0.2, 0) is 9.47 Å². The van der Waals surface area contributed by atoms with Gasteiger partial charge in [0.15, 0.2) is 0 Å². The van der Waals surface area contributed by atoms with Crippen LogP contribution in [0.15, 0.2) is 0 Å². The van der Waals surface area contributed by atoms with Crippen LogP contribution >= 0.6 is 0 Å². The average molecular weight is 185 g/mol. The molecule has 2 aliphatic heterocycles. The fourth-order valence-corrected chi connectivity index (χ4v) is 2.35. The maximum absolute atomic E-state index is 5.57. The molecule has 13 heavy (non-hydrogen) atoms. The summed E-state index contributed by atoms with van der Waals surface area (Å²) in [6.07, 6.45) is 1.99. The van der Waals surface area contributed by atoms with Crippen LogP contribution in [-0.4, -0.2) is 49.5 Å². The van der Waals surface area contributed by atoms with E-state index < -0.39 is 0 Å². The molecule has 0 aliphatic carbocycles. The molecule has 0 amide bonds. The van der Waals surface area contributed by atoms with Crippen molar-refractivity contribution in [2.75, 3.05) is 26.3 Å². The summed E-state index contributed by atoms with van der Waals surface area (Å²) in [6, 6.07) is 0.631. The monoisotopic (exact) mass is 185 g/mol. The van der Waals surface area contributed by atoms with Crippen molar-refractivity contribution in [3.8, 4) is 0 Å². The van der Waals surface area contributed by atoms with Crippen molar-refractivity contribution < 1.29 is 9.47 Å². The van der Waals surface area contributed by atoms with Gasteiger partial charge in [-0.25, -0.2) is 0 Å². The highest BCUT2D eigenvalue weighted by Crippen LogP contribution is 2.21. The Labute approximate surface area is 80.0 Å². The average Bonchev–Trinajstić information content (AvgIpc) is 2.51. The molecule has 0 N–H and O–H groups in total. The first-order chi connectivity index (χ1) is 6.27. The molecule has 0 spiro atoms. The van der Waals surface area contributed by atoms with E-state index in [1.165, 1.54) is 6.42 Å². The summed E-state index contributed by atoms with van der Waals surface area (Å²) in [5, 5.41) is 0. The van der Waals surface area contributed by atoms with E-state index in [0.29, 0.717) is 18.2 Å². The van der Waals surface area contributed by atoms with Gasteiger partial charge in [-0.15, -0.1) is 0 Å². The first-order valence-electron chi connectivity index (χ1n) is 5.24. The molecule has 0 aromatic rings. The van der Waals surface area contributed by atoms with E-state index in [0.717, 1.165) is 26.3 Å². The molecule has 2 heterocycles. The molecular formula is C10H19NO2. The van der Waals surface area contributed by atoms with Crippen LogP contribution in [0.2, 0.25) is 0 Å². The second-order valence-corrected chi connectivity index (χ2v) is 4.11. The SMILES string of the molecule is CC1CN(C2CCOC2C)CCO1. The molecular weight excluding hydrogens is 166 g/mol. The Morgan fingerprint density at radius 1 is 1.15 bits per heavy atom. The van der Waals surface area contributed by atoms with Gasteiger partial charge in [-0.2, -0.15) is 0 Å². The Morgan fingerprint density at radius 3 is 2.62 bits per heavy atom. The fourth-order valence-electron chi connectivity index (χ4n) is 2.35. The van der Waals surface area contributed by atoms with Crippen LogP contribution in [0.25, 0.3) is 0 Å². The molecule has 2 fully saturated rings. The largest absolute Gasteiger partial charge is 0.377 e. The van der Waals surface area contributed by atoms with Crippen molar-refractivity contribution in [1.82, 2.24) is 4.90 Å². The van der Waals surface area contributed by atoms with E-state index in [1.54, 1.807) is 0 Å². The Hall–Kier alpha value is -0.120. The van der Waals surface area contributed by atoms with Gasteiger partial charge in [0.05, 0.1) is 18.8 Å². The summed E-state index contributed by atoms with van der Waals surface area (Å²) in [4.78, 5) is 2.52. The molecule has 0 aromatic heterocycles. The van der Waals surface area contributed by atoms with E-state index in [9.17, 15) is 0 Å². The Morgan fingerprint density at radius 2 is 2.00 bits per heavy atom. The van der Waals surface area contributed by atoms with Gasteiger partial charge in [0.25, 0.3) is 0 Å². The summed E-state index contributed by atoms with van der Waals surface area (Å²) in [6.45, 7) is 8.27. The summed E-state index contributed by atoms with van der Waals surface area (Å²) in [5.74, 6) is 0. The van der Waals surface area contributed by atoms with Gasteiger partial charge < -0.3 is 9.47 Å². The van der Waals surface area contributed by atoms with Gasteiger partial charge in [-0.1, -0.05) is 0 Å². The van der Waals surface area contributed by atoms with Crippen molar-refractivity contribution in [2.24, 2.45) is 0 Å². The van der Waals surface area contributed by atoms with E-state index >= 15 is 0 Å². The highest BCUT2D eigenvalue weighted by molar-refractivity contribution is 4.84. The highest BCUT2D eigenvalue weighted by Gasteiger charge is 2.32. The molecule has 0 bridgehead atoms. The molecule has 3 atom stereocenters. The van der Waals surface area contributed by atoms with E-state index in [1.807, 2.05) is 0 Å². The van der Waals surface area contributed by atoms with Crippen molar-refractivity contribution >= 4 is 0 Å². The molecule has 76 valence electrons. The van der Waals surface area contributed by atoms with E-state index in [-0.39, 0.29) is 0 Å². The molecule has 3 unspecified atom stereocenters. The lowest BCUT2D eigenvalue weighted by molar-refractivity contribution is -0.0442. The molecule has 3 nitrogen and oxygen atoms in total. The third-order valence-corrected chi connectivity index (χ3v) is 3.08. The van der Waals surface area contributed by atoms with Gasteiger partial charge >= 0.3 is 0 Å². The molecule has 0 aromatic carbocycles. The normalized spacial score (nSPS) is 42.5. The molecule has 0 saturated carbocycles. The van der Waals surface area contributed by atoms with Crippen LogP contribution < -0.4 is 0 Å². The van der Waals surface area contributed by atoms with Gasteiger partial charge in [-0.05, 0) is 20.3 Å². The Bertz CT molecular complexity index is 174. The number of hydrogen-bond donors (Lipinski definition) is 0. The van der Waals surface area contributed by atoms with Crippen LogP contribution in [0.1, 0.15) is 20.3 Å². The summed E-state index contributed by atoms with van der Waals surface area (Å²) < 4.78 is 11.1. The van der Waals surface area contributed by atoms with Crippen LogP contribution in [0.5, 0.6) is 0 Å². The van der Waals surface area contributed by atoms with Crippen molar-refractivity contribution in [2.45, 2.75) is 38.5 Å². The van der Waals surface area contributed by atoms with Crippen LogP contribution in [0, 0.1) is 0 Å². The third-order valence-electron chi connectivity index (χ3n) is 3.08. The second-order valence-electron chi connectivity index (χ2n) is 4.11. The van der Waals surface area contributed by atoms with Gasteiger partial charge in [0.1, 0.15) is 0 Å². The zero-order valence-corrected chi connectivity index (χ0v) is 8.53. The van der Waals surface area contributed by atoms with E-state index in [4.69, 9.17) is 9.47 Å². The Balaban J connectivity index is 1.91. The molecule has 0 radical (unpaired) electrons. The topological polar surface area (TPSA) is 21.7 Å². The lowest BCUT2D eigenvalue weighted by Gasteiger charge is -2.36. The van der Waals surface area contributed by atoms with Gasteiger partial charge in [0, 0.05) is 25.7 Å². The summed E-state index contributed by atoms with van der Waals surface area (Å²) >= 11 is 0. The van der Waals surface area contributed by atoms with Crippen LogP contribution in [0.3, 0.4) is 0 Å². The molecule has 2 rings (SSSR count). The predicted octanol–water partition coefficient (Wildman–Crippen LogP) is 0.885. The number of morpholine rings is 1. The Kier molecular flexibility index (Phi) is 2.86. The number of hydrogen-bond acceptors (Lipinski definition) is 3. The van der Waals surface area contributed by atoms with Gasteiger partial charge in [0.2, 0.25) is 0 Å². The lowest BCUT2D eigenvalue weighted by Crippen LogP contribution is -2.49. The number of ether oxygens (including phenoxy) is 2. The first kappa shape index (κ1) is 9.44. The predicted molar refractivity (Wildman–Crippen MR) is 50.8 cm³/mol.